The average Bonchev–Trinajstić information content (AvgIpc) is 2.71. The molecule has 0 unspecified atom stereocenters. The second kappa shape index (κ2) is 7.77. The van der Waals surface area contributed by atoms with Crippen LogP contribution in [0.1, 0.15) is 62.1 Å². The molecule has 0 spiro atoms. The van der Waals surface area contributed by atoms with Crippen LogP contribution in [0.5, 0.6) is 0 Å². The van der Waals surface area contributed by atoms with Crippen molar-refractivity contribution in [3.8, 4) is 0 Å². The maximum Gasteiger partial charge on any atom is 0.241 e. The van der Waals surface area contributed by atoms with Crippen molar-refractivity contribution in [1.29, 1.82) is 0 Å². The van der Waals surface area contributed by atoms with Crippen LogP contribution in [0.4, 0.5) is 5.69 Å². The molecule has 2 N–H and O–H groups in total. The van der Waals surface area contributed by atoms with Gasteiger partial charge in [0.1, 0.15) is 0 Å². The lowest BCUT2D eigenvalue weighted by Gasteiger charge is -2.22. The highest BCUT2D eigenvalue weighted by Gasteiger charge is 2.20. The molecule has 122 valence electrons. The highest BCUT2D eigenvalue weighted by atomic mass is 16.2. The summed E-state index contributed by atoms with van der Waals surface area (Å²) in [4.78, 5) is 12.5. The minimum absolute atomic E-state index is 0.0688. The van der Waals surface area contributed by atoms with Gasteiger partial charge < -0.3 is 10.6 Å². The van der Waals surface area contributed by atoms with Crippen molar-refractivity contribution in [2.45, 2.75) is 78.3 Å². The fourth-order valence-corrected chi connectivity index (χ4v) is 3.48. The summed E-state index contributed by atoms with van der Waals surface area (Å²) in [7, 11) is 0. The topological polar surface area (TPSA) is 41.1 Å². The van der Waals surface area contributed by atoms with Gasteiger partial charge in [-0.2, -0.15) is 0 Å². The van der Waals surface area contributed by atoms with Crippen molar-refractivity contribution in [2.75, 3.05) is 5.32 Å². The van der Waals surface area contributed by atoms with E-state index in [9.17, 15) is 4.79 Å². The first-order valence-electron chi connectivity index (χ1n) is 8.62. The highest BCUT2D eigenvalue weighted by molar-refractivity contribution is 5.96. The monoisotopic (exact) mass is 302 g/mol. The van der Waals surface area contributed by atoms with Crippen molar-refractivity contribution in [3.63, 3.8) is 0 Å². The molecule has 1 aromatic carbocycles. The Balaban J connectivity index is 1.96. The minimum atomic E-state index is -0.150. The Labute approximate surface area is 134 Å². The zero-order valence-electron chi connectivity index (χ0n) is 14.5. The van der Waals surface area contributed by atoms with Crippen LogP contribution in [-0.2, 0) is 4.79 Å². The van der Waals surface area contributed by atoms with Crippen LogP contribution >= 0.6 is 0 Å². The molecule has 1 aromatic rings. The third-order valence-electron chi connectivity index (χ3n) is 4.66. The molecule has 1 fully saturated rings. The number of anilines is 1. The van der Waals surface area contributed by atoms with Crippen LogP contribution < -0.4 is 10.6 Å². The van der Waals surface area contributed by atoms with E-state index in [1.165, 1.54) is 44.1 Å². The molecule has 1 amide bonds. The maximum atomic E-state index is 12.5. The Hall–Kier alpha value is -1.35. The summed E-state index contributed by atoms with van der Waals surface area (Å²) in [5.41, 5.74) is 4.46. The molecule has 1 aliphatic rings. The average molecular weight is 302 g/mol. The third-order valence-corrected chi connectivity index (χ3v) is 4.66. The molecule has 0 aliphatic heterocycles. The zero-order valence-corrected chi connectivity index (χ0v) is 14.5. The number of aryl methyl sites for hydroxylation is 3. The molecule has 0 bridgehead atoms. The number of rotatable bonds is 4. The summed E-state index contributed by atoms with van der Waals surface area (Å²) in [6, 6.07) is 4.57. The van der Waals surface area contributed by atoms with E-state index in [0.717, 1.165) is 16.8 Å². The second-order valence-corrected chi connectivity index (χ2v) is 6.84. The normalized spacial score (nSPS) is 17.8. The highest BCUT2D eigenvalue weighted by Crippen LogP contribution is 2.22. The Morgan fingerprint density at radius 3 is 2.14 bits per heavy atom. The predicted octanol–water partition coefficient (Wildman–Crippen LogP) is 4.25. The standard InChI is InChI=1S/C19H30N2O/c1-13-11-14(2)18(15(3)12-13)21-19(22)16(4)20-17-9-7-5-6-8-10-17/h11-12,16-17,20H,5-10H2,1-4H3,(H,21,22)/t16-/m1/s1. The Morgan fingerprint density at radius 2 is 1.59 bits per heavy atom. The van der Waals surface area contributed by atoms with Crippen molar-refractivity contribution in [2.24, 2.45) is 0 Å². The van der Waals surface area contributed by atoms with Gasteiger partial charge in [0, 0.05) is 11.7 Å². The van der Waals surface area contributed by atoms with Gasteiger partial charge in [-0.05, 0) is 51.7 Å². The van der Waals surface area contributed by atoms with Gasteiger partial charge in [-0.15, -0.1) is 0 Å². The van der Waals surface area contributed by atoms with Gasteiger partial charge in [-0.3, -0.25) is 4.79 Å². The van der Waals surface area contributed by atoms with Crippen molar-refractivity contribution >= 4 is 11.6 Å². The molecule has 3 heteroatoms. The Morgan fingerprint density at radius 1 is 1.05 bits per heavy atom. The van der Waals surface area contributed by atoms with E-state index in [2.05, 4.69) is 43.5 Å². The zero-order chi connectivity index (χ0) is 16.1. The lowest BCUT2D eigenvalue weighted by molar-refractivity contribution is -0.118. The van der Waals surface area contributed by atoms with Crippen LogP contribution in [0.25, 0.3) is 0 Å². The first-order valence-corrected chi connectivity index (χ1v) is 8.62. The van der Waals surface area contributed by atoms with E-state index in [1.54, 1.807) is 0 Å². The van der Waals surface area contributed by atoms with Gasteiger partial charge in [0.05, 0.1) is 6.04 Å². The molecular weight excluding hydrogens is 272 g/mol. The summed E-state index contributed by atoms with van der Waals surface area (Å²) in [5, 5.41) is 6.63. The lowest BCUT2D eigenvalue weighted by Crippen LogP contribution is -2.43. The number of hydrogen-bond donors (Lipinski definition) is 2. The first-order chi connectivity index (χ1) is 10.5. The van der Waals surface area contributed by atoms with Gasteiger partial charge in [0.15, 0.2) is 0 Å². The van der Waals surface area contributed by atoms with Gasteiger partial charge >= 0.3 is 0 Å². The Kier molecular flexibility index (Phi) is 6.01. The fraction of sp³-hybridized carbons (Fsp3) is 0.632. The maximum absolute atomic E-state index is 12.5. The van der Waals surface area contributed by atoms with Gasteiger partial charge in [0.2, 0.25) is 5.91 Å². The molecule has 1 atom stereocenters. The van der Waals surface area contributed by atoms with E-state index in [0.29, 0.717) is 6.04 Å². The largest absolute Gasteiger partial charge is 0.324 e. The van der Waals surface area contributed by atoms with E-state index in [1.807, 2.05) is 6.92 Å². The first kappa shape index (κ1) is 17.0. The summed E-state index contributed by atoms with van der Waals surface area (Å²) >= 11 is 0. The predicted molar refractivity (Wildman–Crippen MR) is 93.4 cm³/mol. The van der Waals surface area contributed by atoms with Crippen molar-refractivity contribution in [3.05, 3.63) is 28.8 Å². The van der Waals surface area contributed by atoms with Crippen LogP contribution in [0.15, 0.2) is 12.1 Å². The fourth-order valence-electron chi connectivity index (χ4n) is 3.48. The van der Waals surface area contributed by atoms with Crippen molar-refractivity contribution < 1.29 is 4.79 Å². The molecule has 0 aromatic heterocycles. The molecule has 0 saturated heterocycles. The van der Waals surface area contributed by atoms with Gasteiger partial charge in [-0.25, -0.2) is 0 Å². The molecule has 1 aliphatic carbocycles. The molecular formula is C19H30N2O. The summed E-state index contributed by atoms with van der Waals surface area (Å²) in [6.07, 6.45) is 7.62. The Bertz CT molecular complexity index is 493. The molecule has 0 radical (unpaired) electrons. The summed E-state index contributed by atoms with van der Waals surface area (Å²) in [5.74, 6) is 0.0688. The smallest absolute Gasteiger partial charge is 0.241 e. The molecule has 2 rings (SSSR count). The van der Waals surface area contributed by atoms with E-state index < -0.39 is 0 Å². The number of amides is 1. The minimum Gasteiger partial charge on any atom is -0.324 e. The van der Waals surface area contributed by atoms with Crippen LogP contribution in [0.2, 0.25) is 0 Å². The second-order valence-electron chi connectivity index (χ2n) is 6.84. The third kappa shape index (κ3) is 4.57. The summed E-state index contributed by atoms with van der Waals surface area (Å²) < 4.78 is 0. The van der Waals surface area contributed by atoms with Gasteiger partial charge in [0.25, 0.3) is 0 Å². The van der Waals surface area contributed by atoms with Crippen LogP contribution in [0, 0.1) is 20.8 Å². The van der Waals surface area contributed by atoms with Crippen molar-refractivity contribution in [1.82, 2.24) is 5.32 Å². The van der Waals surface area contributed by atoms with Crippen LogP contribution in [0.3, 0.4) is 0 Å². The SMILES string of the molecule is Cc1cc(C)c(NC(=O)[C@@H](C)NC2CCCCCC2)c(C)c1. The molecule has 3 nitrogen and oxygen atoms in total. The quantitative estimate of drug-likeness (QED) is 0.816. The van der Waals surface area contributed by atoms with E-state index in [4.69, 9.17) is 0 Å². The van der Waals surface area contributed by atoms with Crippen LogP contribution in [-0.4, -0.2) is 18.0 Å². The molecule has 22 heavy (non-hydrogen) atoms. The number of hydrogen-bond acceptors (Lipinski definition) is 2. The van der Waals surface area contributed by atoms with E-state index >= 15 is 0 Å². The summed E-state index contributed by atoms with van der Waals surface area (Å²) in [6.45, 7) is 8.17. The molecule has 0 heterocycles. The van der Waals surface area contributed by atoms with E-state index in [-0.39, 0.29) is 11.9 Å². The number of carbonyl (C=O) groups is 1. The number of nitrogens with one attached hydrogen (secondary N) is 2. The lowest BCUT2D eigenvalue weighted by atomic mass is 10.0. The molecule has 1 saturated carbocycles. The number of benzene rings is 1. The van der Waals surface area contributed by atoms with Gasteiger partial charge in [-0.1, -0.05) is 43.4 Å². The number of carbonyl (C=O) groups excluding carboxylic acids is 1.